The molecule has 0 bridgehead atoms. The van der Waals surface area contributed by atoms with Gasteiger partial charge in [-0.3, -0.25) is 9.36 Å². The number of rotatable bonds is 2. The van der Waals surface area contributed by atoms with Crippen LogP contribution in [0.2, 0.25) is 0 Å². The fraction of sp³-hybridized carbons (Fsp3) is 0.750. The van der Waals surface area contributed by atoms with Crippen molar-refractivity contribution in [1.29, 1.82) is 0 Å². The predicted octanol–water partition coefficient (Wildman–Crippen LogP) is 1.14. The van der Waals surface area contributed by atoms with Gasteiger partial charge in [-0.15, -0.1) is 0 Å². The molecule has 1 fully saturated rings. The quantitative estimate of drug-likeness (QED) is 0.823. The maximum atomic E-state index is 12.4. The Balaban J connectivity index is 2.24. The van der Waals surface area contributed by atoms with Gasteiger partial charge in [-0.05, 0) is 27.2 Å². The molecule has 0 aliphatic carbocycles. The first kappa shape index (κ1) is 15.6. The van der Waals surface area contributed by atoms with Crippen LogP contribution in [0.1, 0.15) is 33.2 Å². The zero-order chi connectivity index (χ0) is 16.0. The minimum atomic E-state index is -4.44. The third-order valence-corrected chi connectivity index (χ3v) is 3.30. The first-order valence-electron chi connectivity index (χ1n) is 6.53. The number of aromatic nitrogens is 3. The lowest BCUT2D eigenvalue weighted by atomic mass is 10.1. The van der Waals surface area contributed by atoms with Gasteiger partial charge < -0.3 is 4.90 Å². The molecule has 0 radical (unpaired) electrons. The van der Waals surface area contributed by atoms with Gasteiger partial charge in [0.25, 0.3) is 0 Å². The monoisotopic (exact) mass is 306 g/mol. The van der Waals surface area contributed by atoms with Crippen LogP contribution in [0.3, 0.4) is 0 Å². The zero-order valence-corrected chi connectivity index (χ0v) is 12.0. The van der Waals surface area contributed by atoms with E-state index in [0.29, 0.717) is 0 Å². The molecule has 118 valence electrons. The normalized spacial score (nSPS) is 20.4. The SMILES string of the molecule is CC(C)(C)n1ncn([C@H]2CCN(CC(F)(F)F)C2=O)c1=O. The number of hydrogen-bond acceptors (Lipinski definition) is 3. The van der Waals surface area contributed by atoms with E-state index in [4.69, 9.17) is 0 Å². The number of hydrogen-bond donors (Lipinski definition) is 0. The van der Waals surface area contributed by atoms with Crippen LogP contribution >= 0.6 is 0 Å². The van der Waals surface area contributed by atoms with Crippen LogP contribution in [0.15, 0.2) is 11.1 Å². The lowest BCUT2D eigenvalue weighted by Crippen LogP contribution is -2.40. The second-order valence-corrected chi connectivity index (χ2v) is 6.08. The molecule has 1 aliphatic heterocycles. The summed E-state index contributed by atoms with van der Waals surface area (Å²) in [4.78, 5) is 25.0. The van der Waals surface area contributed by atoms with Crippen molar-refractivity contribution >= 4 is 5.91 Å². The van der Waals surface area contributed by atoms with Crippen LogP contribution in [-0.2, 0) is 10.3 Å². The van der Waals surface area contributed by atoms with Crippen LogP contribution in [-0.4, -0.2) is 44.4 Å². The average Bonchev–Trinajstić information content (AvgIpc) is 2.81. The summed E-state index contributed by atoms with van der Waals surface area (Å²) in [5.41, 5.74) is -1.05. The van der Waals surface area contributed by atoms with Gasteiger partial charge in [0.2, 0.25) is 5.91 Å². The number of likely N-dealkylation sites (tertiary alicyclic amines) is 1. The van der Waals surface area contributed by atoms with E-state index in [1.165, 1.54) is 11.0 Å². The number of nitrogens with zero attached hydrogens (tertiary/aromatic N) is 4. The first-order chi connectivity index (χ1) is 9.50. The zero-order valence-electron chi connectivity index (χ0n) is 12.0. The molecule has 0 spiro atoms. The van der Waals surface area contributed by atoms with E-state index < -0.39 is 35.9 Å². The van der Waals surface area contributed by atoms with Crippen molar-refractivity contribution in [1.82, 2.24) is 19.2 Å². The van der Waals surface area contributed by atoms with Gasteiger partial charge in [-0.2, -0.15) is 18.3 Å². The average molecular weight is 306 g/mol. The molecule has 0 unspecified atom stereocenters. The van der Waals surface area contributed by atoms with Crippen molar-refractivity contribution in [2.45, 2.75) is 44.9 Å². The molecule has 2 heterocycles. The fourth-order valence-corrected chi connectivity index (χ4v) is 2.34. The summed E-state index contributed by atoms with van der Waals surface area (Å²) in [5.74, 6) is -0.692. The van der Waals surface area contributed by atoms with Crippen molar-refractivity contribution in [2.24, 2.45) is 0 Å². The molecule has 1 amide bonds. The van der Waals surface area contributed by atoms with Gasteiger partial charge in [0.15, 0.2) is 0 Å². The Bertz CT molecular complexity index is 597. The van der Waals surface area contributed by atoms with Crippen LogP contribution in [0.25, 0.3) is 0 Å². The van der Waals surface area contributed by atoms with Crippen LogP contribution in [0.5, 0.6) is 0 Å². The van der Waals surface area contributed by atoms with E-state index in [2.05, 4.69) is 5.10 Å². The summed E-state index contributed by atoms with van der Waals surface area (Å²) >= 11 is 0. The van der Waals surface area contributed by atoms with Gasteiger partial charge >= 0.3 is 11.9 Å². The lowest BCUT2D eigenvalue weighted by molar-refractivity contribution is -0.158. The molecule has 21 heavy (non-hydrogen) atoms. The molecule has 1 aromatic heterocycles. The van der Waals surface area contributed by atoms with E-state index in [-0.39, 0.29) is 13.0 Å². The predicted molar refractivity (Wildman–Crippen MR) is 67.8 cm³/mol. The Morgan fingerprint density at radius 3 is 2.38 bits per heavy atom. The first-order valence-corrected chi connectivity index (χ1v) is 6.53. The Morgan fingerprint density at radius 2 is 1.90 bits per heavy atom. The number of carbonyl (C=O) groups excluding carboxylic acids is 1. The largest absolute Gasteiger partial charge is 0.406 e. The van der Waals surface area contributed by atoms with Gasteiger partial charge in [-0.1, -0.05) is 0 Å². The molecule has 0 N–H and O–H groups in total. The maximum Gasteiger partial charge on any atom is 0.406 e. The third kappa shape index (κ3) is 3.11. The molecular formula is C12H17F3N4O2. The number of halogens is 3. The summed E-state index contributed by atoms with van der Waals surface area (Å²) in [7, 11) is 0. The summed E-state index contributed by atoms with van der Waals surface area (Å²) in [5, 5.41) is 3.94. The van der Waals surface area contributed by atoms with Crippen LogP contribution in [0, 0.1) is 0 Å². The van der Waals surface area contributed by atoms with Gasteiger partial charge in [0.1, 0.15) is 18.9 Å². The minimum absolute atomic E-state index is 0.0177. The van der Waals surface area contributed by atoms with Gasteiger partial charge in [0, 0.05) is 6.54 Å². The summed E-state index contributed by atoms with van der Waals surface area (Å²) in [6.07, 6.45) is -3.05. The Kier molecular flexibility index (Phi) is 3.63. The highest BCUT2D eigenvalue weighted by Gasteiger charge is 2.41. The minimum Gasteiger partial charge on any atom is -0.332 e. The summed E-state index contributed by atoms with van der Waals surface area (Å²) in [6, 6.07) is -0.907. The van der Waals surface area contributed by atoms with E-state index in [0.717, 1.165) is 9.47 Å². The molecule has 1 aromatic rings. The van der Waals surface area contributed by atoms with Gasteiger partial charge in [0.05, 0.1) is 5.54 Å². The Morgan fingerprint density at radius 1 is 1.29 bits per heavy atom. The molecule has 1 atom stereocenters. The van der Waals surface area contributed by atoms with Crippen molar-refractivity contribution in [3.05, 3.63) is 16.8 Å². The molecule has 1 aliphatic rings. The van der Waals surface area contributed by atoms with Crippen LogP contribution in [0.4, 0.5) is 13.2 Å². The highest BCUT2D eigenvalue weighted by Crippen LogP contribution is 2.26. The standard InChI is InChI=1S/C12H17F3N4O2/c1-11(2,3)19-10(21)18(7-16-19)8-4-5-17(9(8)20)6-12(13,14)15/h7-8H,4-6H2,1-3H3/t8-/m0/s1. The van der Waals surface area contributed by atoms with Crippen molar-refractivity contribution < 1.29 is 18.0 Å². The summed E-state index contributed by atoms with van der Waals surface area (Å²) in [6.45, 7) is 4.02. The van der Waals surface area contributed by atoms with Crippen molar-refractivity contribution in [3.63, 3.8) is 0 Å². The second-order valence-electron chi connectivity index (χ2n) is 6.08. The Hall–Kier alpha value is -1.80. The third-order valence-electron chi connectivity index (χ3n) is 3.30. The molecule has 2 rings (SSSR count). The summed E-state index contributed by atoms with van der Waals surface area (Å²) < 4.78 is 39.4. The van der Waals surface area contributed by atoms with Crippen molar-refractivity contribution in [3.8, 4) is 0 Å². The molecule has 0 aromatic carbocycles. The fourth-order valence-electron chi connectivity index (χ4n) is 2.34. The van der Waals surface area contributed by atoms with Crippen LogP contribution < -0.4 is 5.69 Å². The molecule has 6 nitrogen and oxygen atoms in total. The highest BCUT2D eigenvalue weighted by atomic mass is 19.4. The maximum absolute atomic E-state index is 12.4. The van der Waals surface area contributed by atoms with Gasteiger partial charge in [-0.25, -0.2) is 9.48 Å². The van der Waals surface area contributed by atoms with E-state index in [1.807, 2.05) is 0 Å². The number of alkyl halides is 3. The molecular weight excluding hydrogens is 289 g/mol. The smallest absolute Gasteiger partial charge is 0.332 e. The van der Waals surface area contributed by atoms with Crippen molar-refractivity contribution in [2.75, 3.05) is 13.1 Å². The molecule has 0 saturated carbocycles. The van der Waals surface area contributed by atoms with E-state index in [1.54, 1.807) is 20.8 Å². The second kappa shape index (κ2) is 4.88. The highest BCUT2D eigenvalue weighted by molar-refractivity contribution is 5.82. The molecule has 9 heteroatoms. The molecule has 1 saturated heterocycles. The topological polar surface area (TPSA) is 60.1 Å². The lowest BCUT2D eigenvalue weighted by Gasteiger charge is -2.19. The number of amides is 1. The number of carbonyl (C=O) groups is 1. The van der Waals surface area contributed by atoms with E-state index >= 15 is 0 Å². The Labute approximate surface area is 119 Å². The van der Waals surface area contributed by atoms with E-state index in [9.17, 15) is 22.8 Å².